The highest BCUT2D eigenvalue weighted by molar-refractivity contribution is 5.17. The summed E-state index contributed by atoms with van der Waals surface area (Å²) in [4.78, 5) is 0. The number of nitrogens with two attached hydrogens (primary N) is 1. The average Bonchev–Trinajstić information content (AvgIpc) is 2.30. The Morgan fingerprint density at radius 2 is 1.88 bits per heavy atom. The van der Waals surface area contributed by atoms with E-state index in [-0.39, 0.29) is 5.54 Å². The van der Waals surface area contributed by atoms with Crippen molar-refractivity contribution < 1.29 is 4.74 Å². The Morgan fingerprint density at radius 3 is 2.53 bits per heavy atom. The van der Waals surface area contributed by atoms with E-state index in [9.17, 15) is 0 Å². The first-order chi connectivity index (χ1) is 8.16. The number of ether oxygens (including phenoxy) is 1. The number of rotatable bonds is 4. The highest BCUT2D eigenvalue weighted by Gasteiger charge is 2.25. The lowest BCUT2D eigenvalue weighted by Gasteiger charge is -2.32. The molecule has 0 spiro atoms. The van der Waals surface area contributed by atoms with Gasteiger partial charge in [0.15, 0.2) is 0 Å². The summed E-state index contributed by atoms with van der Waals surface area (Å²) in [5.41, 5.74) is 7.68. The van der Waals surface area contributed by atoms with Crippen LogP contribution in [0.1, 0.15) is 31.7 Å². The van der Waals surface area contributed by atoms with Gasteiger partial charge in [-0.05, 0) is 44.1 Å². The van der Waals surface area contributed by atoms with Crippen LogP contribution in [0, 0.1) is 5.92 Å². The van der Waals surface area contributed by atoms with Crippen molar-refractivity contribution in [1.82, 2.24) is 0 Å². The van der Waals surface area contributed by atoms with Gasteiger partial charge in [0, 0.05) is 18.8 Å². The van der Waals surface area contributed by atoms with Crippen molar-refractivity contribution in [2.45, 2.75) is 38.1 Å². The van der Waals surface area contributed by atoms with Gasteiger partial charge in [-0.3, -0.25) is 0 Å². The number of benzene rings is 1. The lowest BCUT2D eigenvalue weighted by molar-refractivity contribution is 0.0572. The molecule has 0 aromatic heterocycles. The fourth-order valence-electron chi connectivity index (χ4n) is 2.74. The van der Waals surface area contributed by atoms with Crippen molar-refractivity contribution >= 4 is 0 Å². The molecule has 1 unspecified atom stereocenters. The maximum atomic E-state index is 6.44. The van der Waals surface area contributed by atoms with Gasteiger partial charge >= 0.3 is 0 Å². The average molecular weight is 233 g/mol. The molecule has 2 nitrogen and oxygen atoms in total. The van der Waals surface area contributed by atoms with Gasteiger partial charge in [0.1, 0.15) is 0 Å². The normalized spacial score (nSPS) is 21.1. The standard InChI is InChI=1S/C15H23NO/c1-15(16,11-13-5-3-2-4-6-13)12-14-7-9-17-10-8-14/h2-6,14H,7-12,16H2,1H3. The first-order valence-electron chi connectivity index (χ1n) is 6.56. The highest BCUT2D eigenvalue weighted by atomic mass is 16.5. The molecule has 1 aliphatic heterocycles. The maximum Gasteiger partial charge on any atom is 0.0468 e. The van der Waals surface area contributed by atoms with Gasteiger partial charge in [-0.25, -0.2) is 0 Å². The minimum Gasteiger partial charge on any atom is -0.381 e. The van der Waals surface area contributed by atoms with Crippen molar-refractivity contribution in [2.24, 2.45) is 11.7 Å². The fourth-order valence-corrected chi connectivity index (χ4v) is 2.74. The van der Waals surface area contributed by atoms with Gasteiger partial charge < -0.3 is 10.5 Å². The molecule has 1 fully saturated rings. The Kier molecular flexibility index (Phi) is 4.19. The molecule has 0 saturated carbocycles. The molecular formula is C15H23NO. The van der Waals surface area contributed by atoms with Gasteiger partial charge in [0.25, 0.3) is 0 Å². The molecule has 1 aliphatic rings. The molecule has 0 bridgehead atoms. The van der Waals surface area contributed by atoms with E-state index >= 15 is 0 Å². The third-order valence-electron chi connectivity index (χ3n) is 3.55. The van der Waals surface area contributed by atoms with Crippen molar-refractivity contribution in [3.63, 3.8) is 0 Å². The zero-order chi connectivity index (χ0) is 12.1. The van der Waals surface area contributed by atoms with Crippen molar-refractivity contribution in [2.75, 3.05) is 13.2 Å². The monoisotopic (exact) mass is 233 g/mol. The Balaban J connectivity index is 1.89. The molecule has 1 aromatic carbocycles. The molecule has 17 heavy (non-hydrogen) atoms. The minimum atomic E-state index is -0.0939. The summed E-state index contributed by atoms with van der Waals surface area (Å²) in [6, 6.07) is 10.5. The third-order valence-corrected chi connectivity index (χ3v) is 3.55. The first-order valence-corrected chi connectivity index (χ1v) is 6.56. The summed E-state index contributed by atoms with van der Waals surface area (Å²) < 4.78 is 5.39. The molecule has 1 atom stereocenters. The van der Waals surface area contributed by atoms with Gasteiger partial charge in [0.2, 0.25) is 0 Å². The van der Waals surface area contributed by atoms with E-state index in [0.29, 0.717) is 0 Å². The summed E-state index contributed by atoms with van der Waals surface area (Å²) in [6.45, 7) is 3.99. The molecule has 2 heteroatoms. The predicted molar refractivity (Wildman–Crippen MR) is 70.9 cm³/mol. The highest BCUT2D eigenvalue weighted by Crippen LogP contribution is 2.26. The summed E-state index contributed by atoms with van der Waals surface area (Å²) in [5.74, 6) is 0.738. The Morgan fingerprint density at radius 1 is 1.24 bits per heavy atom. The van der Waals surface area contributed by atoms with E-state index in [1.165, 1.54) is 18.4 Å². The van der Waals surface area contributed by atoms with Gasteiger partial charge in [0.05, 0.1) is 0 Å². The van der Waals surface area contributed by atoms with Crippen LogP contribution in [0.2, 0.25) is 0 Å². The Bertz CT molecular complexity index is 328. The first kappa shape index (κ1) is 12.6. The van der Waals surface area contributed by atoms with E-state index in [1.54, 1.807) is 0 Å². The minimum absolute atomic E-state index is 0.0939. The van der Waals surface area contributed by atoms with Gasteiger partial charge in [-0.2, -0.15) is 0 Å². The maximum absolute atomic E-state index is 6.44. The second-order valence-electron chi connectivity index (χ2n) is 5.58. The predicted octanol–water partition coefficient (Wildman–Crippen LogP) is 2.76. The molecule has 94 valence electrons. The van der Waals surface area contributed by atoms with Crippen LogP contribution >= 0.6 is 0 Å². The largest absolute Gasteiger partial charge is 0.381 e. The zero-order valence-corrected chi connectivity index (χ0v) is 10.7. The smallest absolute Gasteiger partial charge is 0.0468 e. The molecule has 1 saturated heterocycles. The molecule has 0 amide bonds. The molecule has 2 N–H and O–H groups in total. The van der Waals surface area contributed by atoms with E-state index in [1.807, 2.05) is 0 Å². The van der Waals surface area contributed by atoms with Crippen molar-refractivity contribution in [3.05, 3.63) is 35.9 Å². The van der Waals surface area contributed by atoms with Crippen LogP contribution in [0.5, 0.6) is 0 Å². The number of hydrogen-bond donors (Lipinski definition) is 1. The summed E-state index contributed by atoms with van der Waals surface area (Å²) in [6.07, 6.45) is 4.40. The van der Waals surface area contributed by atoms with E-state index in [2.05, 4.69) is 37.3 Å². The summed E-state index contributed by atoms with van der Waals surface area (Å²) in [7, 11) is 0. The summed E-state index contributed by atoms with van der Waals surface area (Å²) in [5, 5.41) is 0. The van der Waals surface area contributed by atoms with Crippen molar-refractivity contribution in [3.8, 4) is 0 Å². The molecule has 0 radical (unpaired) electrons. The molecule has 0 aliphatic carbocycles. The van der Waals surface area contributed by atoms with Gasteiger partial charge in [-0.1, -0.05) is 30.3 Å². The lowest BCUT2D eigenvalue weighted by Crippen LogP contribution is -2.41. The van der Waals surface area contributed by atoms with E-state index < -0.39 is 0 Å². The number of hydrogen-bond acceptors (Lipinski definition) is 2. The SMILES string of the molecule is CC(N)(Cc1ccccc1)CC1CCOCC1. The topological polar surface area (TPSA) is 35.2 Å². The molecular weight excluding hydrogens is 210 g/mol. The zero-order valence-electron chi connectivity index (χ0n) is 10.7. The fraction of sp³-hybridized carbons (Fsp3) is 0.600. The quantitative estimate of drug-likeness (QED) is 0.868. The molecule has 2 rings (SSSR count). The van der Waals surface area contributed by atoms with Crippen LogP contribution in [0.15, 0.2) is 30.3 Å². The third kappa shape index (κ3) is 4.14. The van der Waals surface area contributed by atoms with E-state index in [4.69, 9.17) is 10.5 Å². The second kappa shape index (κ2) is 5.65. The lowest BCUT2D eigenvalue weighted by atomic mass is 9.82. The Labute approximate surface area is 104 Å². The molecule has 1 aromatic rings. The Hall–Kier alpha value is -0.860. The van der Waals surface area contributed by atoms with Crippen LogP contribution < -0.4 is 5.73 Å². The van der Waals surface area contributed by atoms with Crippen molar-refractivity contribution in [1.29, 1.82) is 0 Å². The molecule has 1 heterocycles. The van der Waals surface area contributed by atoms with E-state index in [0.717, 1.165) is 32.0 Å². The summed E-state index contributed by atoms with van der Waals surface area (Å²) >= 11 is 0. The van der Waals surface area contributed by atoms with Crippen LogP contribution in [0.4, 0.5) is 0 Å². The van der Waals surface area contributed by atoms with Crippen LogP contribution in [-0.4, -0.2) is 18.8 Å². The van der Waals surface area contributed by atoms with Crippen LogP contribution in [0.25, 0.3) is 0 Å². The van der Waals surface area contributed by atoms with Crippen LogP contribution in [0.3, 0.4) is 0 Å². The van der Waals surface area contributed by atoms with Crippen LogP contribution in [-0.2, 0) is 11.2 Å². The van der Waals surface area contributed by atoms with Gasteiger partial charge in [-0.15, -0.1) is 0 Å². The second-order valence-corrected chi connectivity index (χ2v) is 5.58.